The molecular weight excluding hydrogens is 455 g/mol. The number of fused-ring (bicyclic) bond motifs is 1. The molecule has 2 heterocycles. The summed E-state index contributed by atoms with van der Waals surface area (Å²) in [4.78, 5) is 9.30. The minimum atomic E-state index is -3.45. The highest BCUT2D eigenvalue weighted by molar-refractivity contribution is 7.91. The zero-order valence-electron chi connectivity index (χ0n) is 18.1. The van der Waals surface area contributed by atoms with Crippen LogP contribution in [0, 0.1) is 13.8 Å². The van der Waals surface area contributed by atoms with Gasteiger partial charge in [0.15, 0.2) is 15.7 Å². The first-order valence-electron chi connectivity index (χ1n) is 10.4. The number of halogens is 2. The minimum absolute atomic E-state index is 0.0514. The highest BCUT2D eigenvalue weighted by Gasteiger charge is 2.19. The lowest BCUT2D eigenvalue weighted by Gasteiger charge is -2.12. The van der Waals surface area contributed by atoms with Crippen LogP contribution in [0.1, 0.15) is 49.7 Å². The monoisotopic (exact) mass is 482 g/mol. The number of unbranched alkanes of at least 4 members (excludes halogenated alkanes) is 2. The summed E-state index contributed by atoms with van der Waals surface area (Å²) in [6, 6.07) is 4.48. The first-order chi connectivity index (χ1) is 14.7. The minimum Gasteiger partial charge on any atom is -0.382 e. The Bertz CT molecular complexity index is 1210. The lowest BCUT2D eigenvalue weighted by atomic mass is 10.2. The zero-order valence-corrected chi connectivity index (χ0v) is 20.4. The van der Waals surface area contributed by atoms with Crippen molar-refractivity contribution >= 4 is 49.9 Å². The first-order valence-corrected chi connectivity index (χ1v) is 12.9. The molecule has 3 aromatic rings. The van der Waals surface area contributed by atoms with Crippen molar-refractivity contribution < 1.29 is 8.42 Å². The van der Waals surface area contributed by atoms with E-state index in [1.54, 1.807) is 6.07 Å². The van der Waals surface area contributed by atoms with Gasteiger partial charge >= 0.3 is 0 Å². The smallest absolute Gasteiger partial charge is 0.179 e. The number of nitrogens with two attached hydrogens (primary N) is 1. The molecule has 9 heteroatoms. The lowest BCUT2D eigenvalue weighted by molar-refractivity contribution is 0.572. The van der Waals surface area contributed by atoms with E-state index in [4.69, 9.17) is 33.9 Å². The van der Waals surface area contributed by atoms with Crippen molar-refractivity contribution in [3.8, 4) is 0 Å². The number of hydrogen-bond donors (Lipinski definition) is 1. The van der Waals surface area contributed by atoms with Crippen LogP contribution in [-0.2, 0) is 22.8 Å². The van der Waals surface area contributed by atoms with Crippen LogP contribution in [-0.4, -0.2) is 28.7 Å². The van der Waals surface area contributed by atoms with Gasteiger partial charge in [-0.05, 0) is 56.9 Å². The molecule has 0 amide bonds. The lowest BCUT2D eigenvalue weighted by Crippen LogP contribution is -2.09. The number of sulfone groups is 1. The van der Waals surface area contributed by atoms with Crippen molar-refractivity contribution in [1.82, 2.24) is 14.5 Å². The van der Waals surface area contributed by atoms with Crippen molar-refractivity contribution in [3.63, 3.8) is 0 Å². The third-order valence-electron chi connectivity index (χ3n) is 5.47. The molecule has 1 aromatic carbocycles. The van der Waals surface area contributed by atoms with Gasteiger partial charge in [-0.2, -0.15) is 0 Å². The summed E-state index contributed by atoms with van der Waals surface area (Å²) < 4.78 is 27.5. The highest BCUT2D eigenvalue weighted by Crippen LogP contribution is 2.28. The fourth-order valence-electron chi connectivity index (χ4n) is 3.78. The molecule has 0 spiro atoms. The molecule has 0 unspecified atom stereocenters. The van der Waals surface area contributed by atoms with Crippen LogP contribution in [0.15, 0.2) is 23.1 Å². The first kappa shape index (κ1) is 23.8. The summed E-state index contributed by atoms with van der Waals surface area (Å²) in [5.41, 5.74) is 9.91. The van der Waals surface area contributed by atoms with Crippen LogP contribution < -0.4 is 5.73 Å². The summed E-state index contributed by atoms with van der Waals surface area (Å²) in [6.07, 6.45) is 4.00. The molecule has 0 saturated heterocycles. The topological polar surface area (TPSA) is 90.9 Å². The molecule has 0 radical (unpaired) electrons. The molecule has 0 atom stereocenters. The Morgan fingerprint density at radius 2 is 1.84 bits per heavy atom. The SMILES string of the molecule is CCCc1nc2c(N)nc(C)c(C)c2n1CCCCCS(=O)(=O)c1ccc(Cl)cc1Cl. The number of benzene rings is 1. The molecule has 0 bridgehead atoms. The van der Waals surface area contributed by atoms with Crippen molar-refractivity contribution in [2.45, 2.75) is 64.3 Å². The second kappa shape index (κ2) is 9.76. The Balaban J connectivity index is 1.70. The molecule has 0 aliphatic rings. The maximum Gasteiger partial charge on any atom is 0.179 e. The van der Waals surface area contributed by atoms with Gasteiger partial charge in [0.05, 0.1) is 21.2 Å². The van der Waals surface area contributed by atoms with Crippen LogP contribution in [0.5, 0.6) is 0 Å². The Morgan fingerprint density at radius 3 is 2.52 bits per heavy atom. The molecule has 31 heavy (non-hydrogen) atoms. The second-order valence-electron chi connectivity index (χ2n) is 7.79. The predicted molar refractivity (Wildman–Crippen MR) is 128 cm³/mol. The number of aromatic nitrogens is 3. The van der Waals surface area contributed by atoms with Gasteiger partial charge in [0.25, 0.3) is 0 Å². The quantitative estimate of drug-likeness (QED) is 0.404. The number of rotatable bonds is 9. The highest BCUT2D eigenvalue weighted by atomic mass is 35.5. The van der Waals surface area contributed by atoms with E-state index in [0.29, 0.717) is 17.3 Å². The van der Waals surface area contributed by atoms with E-state index in [-0.39, 0.29) is 15.7 Å². The maximum absolute atomic E-state index is 12.6. The fourth-order valence-corrected chi connectivity index (χ4v) is 5.97. The maximum atomic E-state index is 12.6. The summed E-state index contributed by atoms with van der Waals surface area (Å²) in [5, 5.41) is 0.583. The number of imidazole rings is 1. The molecular formula is C22H28Cl2N4O2S. The summed E-state index contributed by atoms with van der Waals surface area (Å²) in [6.45, 7) is 6.88. The van der Waals surface area contributed by atoms with E-state index in [1.807, 2.05) is 13.8 Å². The summed E-state index contributed by atoms with van der Waals surface area (Å²) in [7, 11) is -3.45. The van der Waals surface area contributed by atoms with Crippen molar-refractivity contribution in [3.05, 3.63) is 45.3 Å². The van der Waals surface area contributed by atoms with Gasteiger partial charge in [-0.3, -0.25) is 0 Å². The van der Waals surface area contributed by atoms with Crippen LogP contribution in [0.25, 0.3) is 11.0 Å². The molecule has 0 saturated carbocycles. The van der Waals surface area contributed by atoms with Crippen LogP contribution in [0.4, 0.5) is 5.82 Å². The van der Waals surface area contributed by atoms with Gasteiger partial charge < -0.3 is 10.3 Å². The van der Waals surface area contributed by atoms with Crippen LogP contribution in [0.3, 0.4) is 0 Å². The number of hydrogen-bond acceptors (Lipinski definition) is 5. The molecule has 6 nitrogen and oxygen atoms in total. The molecule has 2 N–H and O–H groups in total. The average Bonchev–Trinajstić information content (AvgIpc) is 3.05. The van der Waals surface area contributed by atoms with E-state index in [9.17, 15) is 8.42 Å². The van der Waals surface area contributed by atoms with E-state index >= 15 is 0 Å². The molecule has 3 rings (SSSR count). The van der Waals surface area contributed by atoms with Gasteiger partial charge in [-0.1, -0.05) is 36.5 Å². The molecule has 0 fully saturated rings. The van der Waals surface area contributed by atoms with Crippen molar-refractivity contribution in [2.75, 3.05) is 11.5 Å². The van der Waals surface area contributed by atoms with Gasteiger partial charge in [0.1, 0.15) is 11.3 Å². The Labute approximate surface area is 193 Å². The van der Waals surface area contributed by atoms with Crippen LogP contribution in [0.2, 0.25) is 10.0 Å². The van der Waals surface area contributed by atoms with E-state index in [1.165, 1.54) is 12.1 Å². The molecule has 168 valence electrons. The number of nitrogen functional groups attached to an aromatic ring is 1. The average molecular weight is 483 g/mol. The zero-order chi connectivity index (χ0) is 22.8. The molecule has 0 aliphatic carbocycles. The molecule has 0 aliphatic heterocycles. The number of aryl methyl sites for hydroxylation is 4. The number of pyridine rings is 1. The summed E-state index contributed by atoms with van der Waals surface area (Å²) in [5.74, 6) is 1.51. The fraction of sp³-hybridized carbons (Fsp3) is 0.455. The standard InChI is InChI=1S/C22H28Cl2N4O2S/c1-4-8-19-27-20-21(14(2)15(3)26-22(20)25)28(19)11-6-5-7-12-31(29,30)18-10-9-16(23)13-17(18)24/h9-10,13H,4-8,11-12H2,1-3H3,(H2,25,26). The van der Waals surface area contributed by atoms with E-state index < -0.39 is 9.84 Å². The van der Waals surface area contributed by atoms with E-state index in [0.717, 1.165) is 60.3 Å². The van der Waals surface area contributed by atoms with Gasteiger partial charge in [0, 0.05) is 23.7 Å². The Hall–Kier alpha value is -1.83. The summed E-state index contributed by atoms with van der Waals surface area (Å²) >= 11 is 11.9. The normalized spacial score (nSPS) is 12.0. The number of nitrogens with zero attached hydrogens (tertiary/aromatic N) is 3. The van der Waals surface area contributed by atoms with Crippen molar-refractivity contribution in [1.29, 1.82) is 0 Å². The third-order valence-corrected chi connectivity index (χ3v) is 7.98. The third kappa shape index (κ3) is 5.16. The number of anilines is 1. The Kier molecular flexibility index (Phi) is 7.50. The van der Waals surface area contributed by atoms with Gasteiger partial charge in [-0.15, -0.1) is 0 Å². The second-order valence-corrected chi connectivity index (χ2v) is 10.7. The van der Waals surface area contributed by atoms with Crippen LogP contribution >= 0.6 is 23.2 Å². The van der Waals surface area contributed by atoms with E-state index in [2.05, 4.69) is 16.5 Å². The molecule has 2 aromatic heterocycles. The Morgan fingerprint density at radius 1 is 1.10 bits per heavy atom. The van der Waals surface area contributed by atoms with Gasteiger partial charge in [0.2, 0.25) is 0 Å². The predicted octanol–water partition coefficient (Wildman–Crippen LogP) is 5.53. The van der Waals surface area contributed by atoms with Gasteiger partial charge in [-0.25, -0.2) is 18.4 Å². The van der Waals surface area contributed by atoms with Crippen molar-refractivity contribution in [2.24, 2.45) is 0 Å². The largest absolute Gasteiger partial charge is 0.382 e.